The zero-order chi connectivity index (χ0) is 13.5. The molecule has 0 heterocycles. The number of benzene rings is 1. The van der Waals surface area contributed by atoms with E-state index in [4.69, 9.17) is 28.3 Å². The van der Waals surface area contributed by atoms with Crippen molar-refractivity contribution in [3.05, 3.63) is 33.8 Å². The molecule has 0 bridgehead atoms. The second kappa shape index (κ2) is 7.24. The monoisotopic (exact) mass is 289 g/mol. The van der Waals surface area contributed by atoms with Crippen molar-refractivity contribution in [1.82, 2.24) is 5.32 Å². The summed E-state index contributed by atoms with van der Waals surface area (Å²) in [7, 11) is 0. The summed E-state index contributed by atoms with van der Waals surface area (Å²) in [5.74, 6) is -0.887. The van der Waals surface area contributed by atoms with Crippen molar-refractivity contribution in [2.45, 2.75) is 25.3 Å². The van der Waals surface area contributed by atoms with Gasteiger partial charge >= 0.3 is 5.97 Å². The van der Waals surface area contributed by atoms with Gasteiger partial charge in [0.1, 0.15) is 0 Å². The number of carbonyl (C=O) groups is 2. The Morgan fingerprint density at radius 2 is 2.11 bits per heavy atom. The van der Waals surface area contributed by atoms with Crippen LogP contribution in [0.4, 0.5) is 0 Å². The molecule has 0 aliphatic carbocycles. The van der Waals surface area contributed by atoms with Crippen molar-refractivity contribution in [3.8, 4) is 0 Å². The maximum Gasteiger partial charge on any atom is 0.303 e. The van der Waals surface area contributed by atoms with Crippen molar-refractivity contribution in [3.63, 3.8) is 0 Å². The van der Waals surface area contributed by atoms with Crippen LogP contribution in [-0.2, 0) is 16.0 Å². The number of carboxylic acids is 1. The topological polar surface area (TPSA) is 66.4 Å². The molecule has 0 radical (unpaired) electrons. The fraction of sp³-hybridized carbons (Fsp3) is 0.333. The molecule has 1 unspecified atom stereocenters. The highest BCUT2D eigenvalue weighted by Crippen LogP contribution is 2.23. The Morgan fingerprint density at radius 3 is 2.67 bits per heavy atom. The van der Waals surface area contributed by atoms with E-state index in [1.54, 1.807) is 18.2 Å². The molecule has 0 saturated carbocycles. The Morgan fingerprint density at radius 1 is 1.39 bits per heavy atom. The molecular weight excluding hydrogens is 277 g/mol. The maximum atomic E-state index is 10.5. The van der Waals surface area contributed by atoms with E-state index in [1.807, 2.05) is 0 Å². The van der Waals surface area contributed by atoms with Crippen LogP contribution < -0.4 is 5.32 Å². The van der Waals surface area contributed by atoms with E-state index in [-0.39, 0.29) is 12.5 Å². The molecule has 0 aliphatic heterocycles. The van der Waals surface area contributed by atoms with Gasteiger partial charge in [-0.1, -0.05) is 29.3 Å². The lowest BCUT2D eigenvalue weighted by atomic mass is 10.0. The number of halogens is 2. The summed E-state index contributed by atoms with van der Waals surface area (Å²) in [4.78, 5) is 21.0. The quantitative estimate of drug-likeness (QED) is 0.758. The van der Waals surface area contributed by atoms with E-state index in [0.717, 1.165) is 5.56 Å². The molecule has 0 spiro atoms. The molecule has 6 heteroatoms. The Hall–Kier alpha value is -1.26. The Bertz CT molecular complexity index is 437. The minimum Gasteiger partial charge on any atom is -0.481 e. The lowest BCUT2D eigenvalue weighted by Gasteiger charge is -2.15. The number of hydrogen-bond donors (Lipinski definition) is 2. The number of rotatable bonds is 7. The van der Waals surface area contributed by atoms with Gasteiger partial charge in [0.2, 0.25) is 6.41 Å². The van der Waals surface area contributed by atoms with Crippen molar-refractivity contribution in [1.29, 1.82) is 0 Å². The molecule has 1 amide bonds. The molecule has 0 aromatic heterocycles. The van der Waals surface area contributed by atoms with Crippen LogP contribution in [0.1, 0.15) is 18.4 Å². The molecule has 4 nitrogen and oxygen atoms in total. The molecule has 1 aromatic rings. The molecule has 98 valence electrons. The van der Waals surface area contributed by atoms with E-state index in [9.17, 15) is 9.59 Å². The van der Waals surface area contributed by atoms with Gasteiger partial charge in [-0.25, -0.2) is 0 Å². The number of nitrogens with one attached hydrogen (secondary N) is 1. The maximum absolute atomic E-state index is 10.5. The molecule has 2 N–H and O–H groups in total. The number of carbonyl (C=O) groups excluding carboxylic acids is 1. The van der Waals surface area contributed by atoms with Crippen LogP contribution in [0.3, 0.4) is 0 Å². The number of aliphatic carboxylic acids is 1. The average molecular weight is 290 g/mol. The third-order valence-electron chi connectivity index (χ3n) is 2.48. The van der Waals surface area contributed by atoms with E-state index in [0.29, 0.717) is 29.3 Å². The van der Waals surface area contributed by atoms with Gasteiger partial charge in [-0.05, 0) is 30.5 Å². The van der Waals surface area contributed by atoms with Gasteiger partial charge in [0.25, 0.3) is 0 Å². The van der Waals surface area contributed by atoms with Crippen LogP contribution in [-0.4, -0.2) is 23.5 Å². The van der Waals surface area contributed by atoms with Gasteiger partial charge in [0.15, 0.2) is 0 Å². The van der Waals surface area contributed by atoms with Crippen molar-refractivity contribution < 1.29 is 14.7 Å². The second-order valence-electron chi connectivity index (χ2n) is 3.87. The first-order chi connectivity index (χ1) is 8.52. The third-order valence-corrected chi connectivity index (χ3v) is 3.22. The van der Waals surface area contributed by atoms with Gasteiger partial charge in [0.05, 0.1) is 10.0 Å². The highest BCUT2D eigenvalue weighted by molar-refractivity contribution is 6.42. The van der Waals surface area contributed by atoms with Crippen LogP contribution in [0, 0.1) is 0 Å². The Balaban J connectivity index is 2.66. The van der Waals surface area contributed by atoms with Crippen molar-refractivity contribution >= 4 is 35.6 Å². The zero-order valence-corrected chi connectivity index (χ0v) is 11.0. The summed E-state index contributed by atoms with van der Waals surface area (Å²) >= 11 is 11.7. The summed E-state index contributed by atoms with van der Waals surface area (Å²) in [6.07, 6.45) is 1.47. The van der Waals surface area contributed by atoms with Crippen LogP contribution in [0.15, 0.2) is 18.2 Å². The predicted octanol–water partition coefficient (Wildman–Crippen LogP) is 2.52. The largest absolute Gasteiger partial charge is 0.481 e. The lowest BCUT2D eigenvalue weighted by molar-refractivity contribution is -0.137. The first-order valence-corrected chi connectivity index (χ1v) is 6.14. The van der Waals surface area contributed by atoms with E-state index in [2.05, 4.69) is 5.32 Å². The predicted molar refractivity (Wildman–Crippen MR) is 70.0 cm³/mol. The first-order valence-electron chi connectivity index (χ1n) is 5.38. The minimum absolute atomic E-state index is 0.00677. The molecule has 0 fully saturated rings. The normalized spacial score (nSPS) is 11.9. The third kappa shape index (κ3) is 4.94. The highest BCUT2D eigenvalue weighted by atomic mass is 35.5. The number of amides is 1. The standard InChI is InChI=1S/C12H13Cl2NO3/c13-10-3-1-8(6-11(10)14)5-9(15-7-16)2-4-12(17)18/h1,3,6-7,9H,2,4-5H2,(H,15,16)(H,17,18). The zero-order valence-electron chi connectivity index (χ0n) is 9.53. The molecule has 0 aliphatic rings. The molecular formula is C12H13Cl2NO3. The first kappa shape index (κ1) is 14.8. The highest BCUT2D eigenvalue weighted by Gasteiger charge is 2.11. The van der Waals surface area contributed by atoms with Crippen LogP contribution in [0.2, 0.25) is 10.0 Å². The fourth-order valence-electron chi connectivity index (χ4n) is 1.59. The van der Waals surface area contributed by atoms with E-state index >= 15 is 0 Å². The van der Waals surface area contributed by atoms with Gasteiger partial charge in [0, 0.05) is 12.5 Å². The molecule has 1 rings (SSSR count). The van der Waals surface area contributed by atoms with Crippen molar-refractivity contribution in [2.24, 2.45) is 0 Å². The van der Waals surface area contributed by atoms with Gasteiger partial charge in [-0.2, -0.15) is 0 Å². The fourth-order valence-corrected chi connectivity index (χ4v) is 1.91. The Kier molecular flexibility index (Phi) is 5.95. The van der Waals surface area contributed by atoms with Crippen molar-refractivity contribution in [2.75, 3.05) is 0 Å². The smallest absolute Gasteiger partial charge is 0.303 e. The summed E-state index contributed by atoms with van der Waals surface area (Å²) in [6.45, 7) is 0. The molecule has 1 atom stereocenters. The number of carboxylic acid groups (broad SMARTS) is 1. The lowest BCUT2D eigenvalue weighted by Crippen LogP contribution is -2.30. The summed E-state index contributed by atoms with van der Waals surface area (Å²) in [5, 5.41) is 12.1. The number of hydrogen-bond acceptors (Lipinski definition) is 2. The SMILES string of the molecule is O=CNC(CCC(=O)O)Cc1ccc(Cl)c(Cl)c1. The van der Waals surface area contributed by atoms with Gasteiger partial charge in [-0.15, -0.1) is 0 Å². The molecule has 0 saturated heterocycles. The minimum atomic E-state index is -0.887. The summed E-state index contributed by atoms with van der Waals surface area (Å²) in [5.41, 5.74) is 0.897. The van der Waals surface area contributed by atoms with Gasteiger partial charge < -0.3 is 10.4 Å². The van der Waals surface area contributed by atoms with Crippen LogP contribution >= 0.6 is 23.2 Å². The van der Waals surface area contributed by atoms with E-state index < -0.39 is 5.97 Å². The Labute approximate surface area is 115 Å². The van der Waals surface area contributed by atoms with Crippen LogP contribution in [0.5, 0.6) is 0 Å². The summed E-state index contributed by atoms with van der Waals surface area (Å²) < 4.78 is 0. The molecule has 18 heavy (non-hydrogen) atoms. The second-order valence-corrected chi connectivity index (χ2v) is 4.68. The average Bonchev–Trinajstić information content (AvgIpc) is 2.31. The molecule has 1 aromatic carbocycles. The van der Waals surface area contributed by atoms with Crippen LogP contribution in [0.25, 0.3) is 0 Å². The van der Waals surface area contributed by atoms with Gasteiger partial charge in [-0.3, -0.25) is 9.59 Å². The summed E-state index contributed by atoms with van der Waals surface area (Å²) in [6, 6.07) is 4.96. The van der Waals surface area contributed by atoms with E-state index in [1.165, 1.54) is 0 Å².